The number of hydrogen-bond donors (Lipinski definition) is 1. The van der Waals surface area contributed by atoms with Gasteiger partial charge in [-0.3, -0.25) is 4.57 Å². The molecule has 0 saturated carbocycles. The molecule has 0 unspecified atom stereocenters. The van der Waals surface area contributed by atoms with Crippen LogP contribution in [0.15, 0.2) is 66.1 Å². The predicted molar refractivity (Wildman–Crippen MR) is 99.2 cm³/mol. The van der Waals surface area contributed by atoms with Crippen LogP contribution in [0.4, 0.5) is 0 Å². The van der Waals surface area contributed by atoms with Gasteiger partial charge in [0.25, 0.3) is 0 Å². The maximum absolute atomic E-state index is 10.1. The standard InChI is InChI=1S/C18H18ClN3O2S/c19-17-9-5-4-6-14(17)10-24-11-16(23)12-25-18-21-20-13-22(18)15-7-2-1-3-8-15/h1-9,13,16,23H,10-12H2/t16-/m1/s1. The van der Waals surface area contributed by atoms with E-state index in [9.17, 15) is 5.11 Å². The molecule has 0 bridgehead atoms. The van der Waals surface area contributed by atoms with E-state index in [1.54, 1.807) is 6.33 Å². The molecular weight excluding hydrogens is 358 g/mol. The lowest BCUT2D eigenvalue weighted by Gasteiger charge is -2.12. The van der Waals surface area contributed by atoms with E-state index in [1.807, 2.05) is 59.2 Å². The van der Waals surface area contributed by atoms with Crippen LogP contribution in [0.2, 0.25) is 5.02 Å². The van der Waals surface area contributed by atoms with Crippen LogP contribution in [0, 0.1) is 0 Å². The molecule has 1 aromatic heterocycles. The lowest BCUT2D eigenvalue weighted by molar-refractivity contribution is 0.0398. The van der Waals surface area contributed by atoms with E-state index in [4.69, 9.17) is 16.3 Å². The first kappa shape index (κ1) is 17.9. The molecule has 1 atom stereocenters. The molecule has 7 heteroatoms. The number of aliphatic hydroxyl groups is 1. The summed E-state index contributed by atoms with van der Waals surface area (Å²) in [5.41, 5.74) is 1.90. The van der Waals surface area contributed by atoms with Crippen molar-refractivity contribution in [1.29, 1.82) is 0 Å². The third-order valence-electron chi connectivity index (χ3n) is 3.48. The summed E-state index contributed by atoms with van der Waals surface area (Å²) in [5.74, 6) is 0.466. The molecule has 0 aliphatic rings. The molecule has 0 saturated heterocycles. The Bertz CT molecular complexity index is 798. The van der Waals surface area contributed by atoms with Crippen LogP contribution in [-0.4, -0.2) is 38.3 Å². The van der Waals surface area contributed by atoms with Gasteiger partial charge >= 0.3 is 0 Å². The minimum Gasteiger partial charge on any atom is -0.390 e. The van der Waals surface area contributed by atoms with E-state index < -0.39 is 6.10 Å². The van der Waals surface area contributed by atoms with Crippen LogP contribution < -0.4 is 0 Å². The van der Waals surface area contributed by atoms with Crippen LogP contribution in [0.25, 0.3) is 5.69 Å². The molecule has 2 aromatic carbocycles. The van der Waals surface area contributed by atoms with Gasteiger partial charge in [0.2, 0.25) is 0 Å². The number of rotatable bonds is 8. The fourth-order valence-electron chi connectivity index (χ4n) is 2.23. The highest BCUT2D eigenvalue weighted by atomic mass is 35.5. The number of aromatic nitrogens is 3. The molecule has 130 valence electrons. The Hall–Kier alpha value is -1.86. The number of ether oxygens (including phenoxy) is 1. The van der Waals surface area contributed by atoms with Crippen LogP contribution in [0.5, 0.6) is 0 Å². The van der Waals surface area contributed by atoms with Crippen molar-refractivity contribution in [3.05, 3.63) is 71.5 Å². The van der Waals surface area contributed by atoms with Crippen molar-refractivity contribution in [1.82, 2.24) is 14.8 Å². The zero-order valence-electron chi connectivity index (χ0n) is 13.5. The Balaban J connectivity index is 1.48. The van der Waals surface area contributed by atoms with Gasteiger partial charge in [0.15, 0.2) is 5.16 Å². The Labute approximate surface area is 155 Å². The van der Waals surface area contributed by atoms with Gasteiger partial charge in [-0.25, -0.2) is 0 Å². The van der Waals surface area contributed by atoms with E-state index in [2.05, 4.69) is 10.2 Å². The van der Waals surface area contributed by atoms with Gasteiger partial charge in [0, 0.05) is 16.5 Å². The molecule has 5 nitrogen and oxygen atoms in total. The summed E-state index contributed by atoms with van der Waals surface area (Å²) < 4.78 is 7.45. The summed E-state index contributed by atoms with van der Waals surface area (Å²) in [4.78, 5) is 0. The van der Waals surface area contributed by atoms with Gasteiger partial charge in [0.05, 0.1) is 19.3 Å². The summed E-state index contributed by atoms with van der Waals surface area (Å²) in [5, 5.41) is 19.6. The number of nitrogens with zero attached hydrogens (tertiary/aromatic N) is 3. The molecule has 0 aliphatic carbocycles. The minimum atomic E-state index is -0.603. The molecule has 0 spiro atoms. The second-order valence-electron chi connectivity index (χ2n) is 5.39. The Morgan fingerprint density at radius 3 is 2.68 bits per heavy atom. The summed E-state index contributed by atoms with van der Waals surface area (Å²) >= 11 is 7.52. The van der Waals surface area contributed by atoms with Gasteiger partial charge in [-0.1, -0.05) is 59.8 Å². The SMILES string of the molecule is O[C@H](COCc1ccccc1Cl)CSc1nncn1-c1ccccc1. The first-order chi connectivity index (χ1) is 12.2. The van der Waals surface area contributed by atoms with E-state index in [0.717, 1.165) is 16.4 Å². The summed E-state index contributed by atoms with van der Waals surface area (Å²) in [7, 11) is 0. The van der Waals surface area contributed by atoms with Crippen molar-refractivity contribution in [3.63, 3.8) is 0 Å². The van der Waals surface area contributed by atoms with Gasteiger partial charge in [0.1, 0.15) is 6.33 Å². The number of para-hydroxylation sites is 1. The third kappa shape index (κ3) is 5.06. The van der Waals surface area contributed by atoms with Gasteiger partial charge in [-0.2, -0.15) is 0 Å². The summed E-state index contributed by atoms with van der Waals surface area (Å²) in [6, 6.07) is 17.4. The zero-order valence-corrected chi connectivity index (χ0v) is 15.0. The molecule has 0 fully saturated rings. The first-order valence-corrected chi connectivity index (χ1v) is 9.18. The topological polar surface area (TPSA) is 60.2 Å². The molecular formula is C18H18ClN3O2S. The summed E-state index contributed by atoms with van der Waals surface area (Å²) in [6.07, 6.45) is 1.06. The van der Waals surface area contributed by atoms with Gasteiger partial charge in [-0.05, 0) is 23.8 Å². The highest BCUT2D eigenvalue weighted by molar-refractivity contribution is 7.99. The second-order valence-corrected chi connectivity index (χ2v) is 6.78. The molecule has 3 aromatic rings. The van der Waals surface area contributed by atoms with E-state index in [1.165, 1.54) is 11.8 Å². The lowest BCUT2D eigenvalue weighted by atomic mass is 10.2. The molecule has 25 heavy (non-hydrogen) atoms. The highest BCUT2D eigenvalue weighted by Gasteiger charge is 2.11. The monoisotopic (exact) mass is 375 g/mol. The van der Waals surface area contributed by atoms with E-state index in [-0.39, 0.29) is 6.61 Å². The van der Waals surface area contributed by atoms with E-state index >= 15 is 0 Å². The summed E-state index contributed by atoms with van der Waals surface area (Å²) in [6.45, 7) is 0.610. The van der Waals surface area contributed by atoms with Gasteiger partial charge in [-0.15, -0.1) is 10.2 Å². The quantitative estimate of drug-likeness (QED) is 0.610. The molecule has 1 heterocycles. The minimum absolute atomic E-state index is 0.234. The van der Waals surface area contributed by atoms with E-state index in [0.29, 0.717) is 17.4 Å². The number of halogens is 1. The lowest BCUT2D eigenvalue weighted by Crippen LogP contribution is -2.18. The molecule has 0 aliphatic heterocycles. The molecule has 3 rings (SSSR count). The zero-order chi connectivity index (χ0) is 17.5. The second kappa shape index (κ2) is 9.01. The maximum atomic E-state index is 10.1. The largest absolute Gasteiger partial charge is 0.390 e. The number of hydrogen-bond acceptors (Lipinski definition) is 5. The smallest absolute Gasteiger partial charge is 0.195 e. The normalized spacial score (nSPS) is 12.2. The maximum Gasteiger partial charge on any atom is 0.195 e. The molecule has 0 amide bonds. The third-order valence-corrected chi connectivity index (χ3v) is 4.94. The highest BCUT2D eigenvalue weighted by Crippen LogP contribution is 2.20. The van der Waals surface area contributed by atoms with Crippen molar-refractivity contribution in [2.24, 2.45) is 0 Å². The van der Waals surface area contributed by atoms with Crippen LogP contribution in [0.3, 0.4) is 0 Å². The number of aliphatic hydroxyl groups excluding tert-OH is 1. The van der Waals surface area contributed by atoms with Crippen molar-refractivity contribution in [2.75, 3.05) is 12.4 Å². The fourth-order valence-corrected chi connectivity index (χ4v) is 3.25. The van der Waals surface area contributed by atoms with Crippen LogP contribution in [-0.2, 0) is 11.3 Å². The van der Waals surface area contributed by atoms with Crippen LogP contribution in [0.1, 0.15) is 5.56 Å². The Morgan fingerprint density at radius 1 is 1.12 bits per heavy atom. The predicted octanol–water partition coefficient (Wildman–Crippen LogP) is 3.59. The van der Waals surface area contributed by atoms with Crippen molar-refractivity contribution in [2.45, 2.75) is 17.9 Å². The van der Waals surface area contributed by atoms with Crippen molar-refractivity contribution < 1.29 is 9.84 Å². The number of benzene rings is 2. The average Bonchev–Trinajstić information content (AvgIpc) is 3.11. The Morgan fingerprint density at radius 2 is 1.88 bits per heavy atom. The first-order valence-electron chi connectivity index (χ1n) is 7.81. The molecule has 1 N–H and O–H groups in total. The van der Waals surface area contributed by atoms with Crippen LogP contribution >= 0.6 is 23.4 Å². The fraction of sp³-hybridized carbons (Fsp3) is 0.222. The van der Waals surface area contributed by atoms with Crippen molar-refractivity contribution in [3.8, 4) is 5.69 Å². The van der Waals surface area contributed by atoms with Gasteiger partial charge < -0.3 is 9.84 Å². The average molecular weight is 376 g/mol. The van der Waals surface area contributed by atoms with Crippen molar-refractivity contribution >= 4 is 23.4 Å². The Kier molecular flexibility index (Phi) is 6.47. The molecule has 0 radical (unpaired) electrons. The number of thioether (sulfide) groups is 1.